The summed E-state index contributed by atoms with van der Waals surface area (Å²) in [6, 6.07) is 6.73. The fourth-order valence-corrected chi connectivity index (χ4v) is 3.86. The molecule has 0 aromatic carbocycles. The number of alkyl halides is 1. The molecule has 1 atom stereocenters. The number of imidazole rings is 1. The summed E-state index contributed by atoms with van der Waals surface area (Å²) in [5.74, 6) is 1.30. The van der Waals surface area contributed by atoms with Gasteiger partial charge >= 0.3 is 0 Å². The monoisotopic (exact) mass is 319 g/mol. The molecule has 0 radical (unpaired) electrons. The topological polar surface area (TPSA) is 30.7 Å². The van der Waals surface area contributed by atoms with Crippen molar-refractivity contribution in [2.24, 2.45) is 0 Å². The van der Waals surface area contributed by atoms with E-state index in [0.717, 1.165) is 29.0 Å². The summed E-state index contributed by atoms with van der Waals surface area (Å²) in [6.45, 7) is 6.37. The third kappa shape index (κ3) is 2.83. The summed E-state index contributed by atoms with van der Waals surface area (Å²) in [7, 11) is 0. The predicted octanol–water partition coefficient (Wildman–Crippen LogP) is 4.65. The molecule has 0 aliphatic carbocycles. The standard InChI is InChI=1S/C16H18ClN3S/c1-10-6-14-16(18-9-10)20(15(8-17)19-14)11(2)7-13-5-4-12(3)21-13/h4-6,9,11H,7-8H2,1-3H3. The summed E-state index contributed by atoms with van der Waals surface area (Å²) >= 11 is 7.93. The third-order valence-electron chi connectivity index (χ3n) is 3.59. The second-order valence-corrected chi connectivity index (χ2v) is 7.09. The number of nitrogens with zero attached hydrogens (tertiary/aromatic N) is 3. The van der Waals surface area contributed by atoms with Gasteiger partial charge in [0.05, 0.1) is 5.88 Å². The van der Waals surface area contributed by atoms with E-state index in [0.29, 0.717) is 5.88 Å². The number of thiophene rings is 1. The van der Waals surface area contributed by atoms with Crippen LogP contribution in [0.1, 0.15) is 34.1 Å². The molecule has 0 amide bonds. The average Bonchev–Trinajstić information content (AvgIpc) is 3.01. The number of fused-ring (bicyclic) bond motifs is 1. The minimum absolute atomic E-state index is 0.289. The van der Waals surface area contributed by atoms with Gasteiger partial charge in [0, 0.05) is 28.4 Å². The summed E-state index contributed by atoms with van der Waals surface area (Å²) < 4.78 is 2.18. The number of hydrogen-bond donors (Lipinski definition) is 0. The Bertz CT molecular complexity index is 775. The van der Waals surface area contributed by atoms with Crippen LogP contribution in [0.25, 0.3) is 11.2 Å². The van der Waals surface area contributed by atoms with Crippen molar-refractivity contribution in [3.05, 3.63) is 45.5 Å². The maximum Gasteiger partial charge on any atom is 0.160 e. The molecule has 0 saturated heterocycles. The molecule has 0 saturated carbocycles. The Kier molecular flexibility index (Phi) is 4.00. The van der Waals surface area contributed by atoms with E-state index in [1.54, 1.807) is 0 Å². The highest BCUT2D eigenvalue weighted by Gasteiger charge is 2.17. The molecule has 0 bridgehead atoms. The van der Waals surface area contributed by atoms with Crippen molar-refractivity contribution in [1.82, 2.24) is 14.5 Å². The van der Waals surface area contributed by atoms with E-state index in [1.165, 1.54) is 9.75 Å². The first-order chi connectivity index (χ1) is 10.1. The van der Waals surface area contributed by atoms with Crippen molar-refractivity contribution in [2.75, 3.05) is 0 Å². The lowest BCUT2D eigenvalue weighted by Crippen LogP contribution is -2.11. The fraction of sp³-hybridized carbons (Fsp3) is 0.375. The molecule has 0 aliphatic heterocycles. The molecule has 3 heterocycles. The van der Waals surface area contributed by atoms with Crippen molar-refractivity contribution in [3.8, 4) is 0 Å². The number of hydrogen-bond acceptors (Lipinski definition) is 3. The second-order valence-electron chi connectivity index (χ2n) is 5.45. The Hall–Kier alpha value is -1.39. The van der Waals surface area contributed by atoms with Gasteiger partial charge in [-0.2, -0.15) is 0 Å². The van der Waals surface area contributed by atoms with E-state index in [1.807, 2.05) is 24.5 Å². The van der Waals surface area contributed by atoms with Crippen LogP contribution < -0.4 is 0 Å². The zero-order valence-electron chi connectivity index (χ0n) is 12.4. The molecule has 110 valence electrons. The second kappa shape index (κ2) is 5.78. The lowest BCUT2D eigenvalue weighted by molar-refractivity contribution is 0.544. The summed E-state index contributed by atoms with van der Waals surface area (Å²) in [5.41, 5.74) is 2.98. The number of aromatic nitrogens is 3. The molecule has 0 N–H and O–H groups in total. The van der Waals surface area contributed by atoms with Gasteiger partial charge in [-0.3, -0.25) is 0 Å². The maximum atomic E-state index is 6.09. The van der Waals surface area contributed by atoms with Crippen molar-refractivity contribution in [2.45, 2.75) is 39.1 Å². The van der Waals surface area contributed by atoms with E-state index in [2.05, 4.69) is 46.6 Å². The molecule has 0 aliphatic rings. The zero-order chi connectivity index (χ0) is 15.0. The van der Waals surface area contributed by atoms with E-state index >= 15 is 0 Å². The minimum atomic E-state index is 0.289. The minimum Gasteiger partial charge on any atom is -0.308 e. The van der Waals surface area contributed by atoms with Gasteiger partial charge in [0.15, 0.2) is 5.65 Å². The predicted molar refractivity (Wildman–Crippen MR) is 89.3 cm³/mol. The van der Waals surface area contributed by atoms with Crippen LogP contribution >= 0.6 is 22.9 Å². The van der Waals surface area contributed by atoms with Crippen LogP contribution in [0.3, 0.4) is 0 Å². The smallest absolute Gasteiger partial charge is 0.160 e. The molecule has 5 heteroatoms. The number of rotatable bonds is 4. The van der Waals surface area contributed by atoms with E-state index < -0.39 is 0 Å². The Morgan fingerprint density at radius 3 is 2.81 bits per heavy atom. The number of aryl methyl sites for hydroxylation is 2. The van der Waals surface area contributed by atoms with Crippen LogP contribution in [-0.4, -0.2) is 14.5 Å². The van der Waals surface area contributed by atoms with Gasteiger partial charge in [0.25, 0.3) is 0 Å². The van der Waals surface area contributed by atoms with Gasteiger partial charge in [-0.25, -0.2) is 9.97 Å². The maximum absolute atomic E-state index is 6.09. The largest absolute Gasteiger partial charge is 0.308 e. The summed E-state index contributed by atoms with van der Waals surface area (Å²) in [5, 5.41) is 0. The average molecular weight is 320 g/mol. The van der Waals surface area contributed by atoms with Crippen molar-refractivity contribution >= 4 is 34.1 Å². The van der Waals surface area contributed by atoms with Crippen molar-refractivity contribution in [3.63, 3.8) is 0 Å². The SMILES string of the molecule is Cc1cnc2c(c1)nc(CCl)n2C(C)Cc1ccc(C)s1. The fourth-order valence-electron chi connectivity index (χ4n) is 2.66. The van der Waals surface area contributed by atoms with Gasteiger partial charge in [-0.1, -0.05) is 0 Å². The molecule has 3 aromatic heterocycles. The van der Waals surface area contributed by atoms with Crippen LogP contribution in [0.2, 0.25) is 0 Å². The Morgan fingerprint density at radius 2 is 2.14 bits per heavy atom. The van der Waals surface area contributed by atoms with Crippen LogP contribution in [0.4, 0.5) is 0 Å². The van der Waals surface area contributed by atoms with Gasteiger partial charge < -0.3 is 4.57 Å². The molecule has 21 heavy (non-hydrogen) atoms. The Morgan fingerprint density at radius 1 is 1.33 bits per heavy atom. The lowest BCUT2D eigenvalue weighted by atomic mass is 10.2. The van der Waals surface area contributed by atoms with Gasteiger partial charge in [-0.05, 0) is 44.5 Å². The Labute approximate surface area is 133 Å². The first kappa shape index (κ1) is 14.5. The van der Waals surface area contributed by atoms with Gasteiger partial charge in [-0.15, -0.1) is 22.9 Å². The van der Waals surface area contributed by atoms with Gasteiger partial charge in [0.2, 0.25) is 0 Å². The first-order valence-corrected chi connectivity index (χ1v) is 8.38. The molecular weight excluding hydrogens is 302 g/mol. The van der Waals surface area contributed by atoms with Gasteiger partial charge in [0.1, 0.15) is 11.3 Å². The van der Waals surface area contributed by atoms with Crippen LogP contribution in [-0.2, 0) is 12.3 Å². The van der Waals surface area contributed by atoms with E-state index in [4.69, 9.17) is 11.6 Å². The summed E-state index contributed by atoms with van der Waals surface area (Å²) in [4.78, 5) is 11.9. The normalized spacial score (nSPS) is 13.0. The quantitative estimate of drug-likeness (QED) is 0.655. The lowest BCUT2D eigenvalue weighted by Gasteiger charge is -2.15. The first-order valence-electron chi connectivity index (χ1n) is 7.03. The molecule has 0 fully saturated rings. The molecule has 1 unspecified atom stereocenters. The highest BCUT2D eigenvalue weighted by atomic mass is 35.5. The zero-order valence-corrected chi connectivity index (χ0v) is 14.0. The summed E-state index contributed by atoms with van der Waals surface area (Å²) in [6.07, 6.45) is 2.87. The molecular formula is C16H18ClN3S. The van der Waals surface area contributed by atoms with E-state index in [-0.39, 0.29) is 6.04 Å². The van der Waals surface area contributed by atoms with Crippen LogP contribution in [0.5, 0.6) is 0 Å². The van der Waals surface area contributed by atoms with Crippen LogP contribution in [0, 0.1) is 13.8 Å². The molecule has 3 nitrogen and oxygen atoms in total. The van der Waals surface area contributed by atoms with Crippen LogP contribution in [0.15, 0.2) is 24.4 Å². The Balaban J connectivity index is 2.01. The van der Waals surface area contributed by atoms with Crippen molar-refractivity contribution in [1.29, 1.82) is 0 Å². The highest BCUT2D eigenvalue weighted by Crippen LogP contribution is 2.26. The molecule has 3 aromatic rings. The third-order valence-corrected chi connectivity index (χ3v) is 4.85. The molecule has 3 rings (SSSR count). The van der Waals surface area contributed by atoms with Crippen molar-refractivity contribution < 1.29 is 0 Å². The van der Waals surface area contributed by atoms with E-state index in [9.17, 15) is 0 Å². The number of pyridine rings is 1. The highest BCUT2D eigenvalue weighted by molar-refractivity contribution is 7.11. The molecule has 0 spiro atoms. The number of halogens is 1.